The quantitative estimate of drug-likeness (QED) is 0.836. The standard InChI is InChI=1S/C15H20N2O3S2/c1-3-21-15-16-13-9-22(18,19)10-14(13)17(15)8-11-5-4-6-12(7-11)20-2/h4-7,13-14H,3,8-10H2,1-2H3. The Hall–Kier alpha value is -1.21. The van der Waals surface area contributed by atoms with Gasteiger partial charge in [-0.1, -0.05) is 30.8 Å². The fraction of sp³-hybridized carbons (Fsp3) is 0.533. The highest BCUT2D eigenvalue weighted by Gasteiger charge is 2.46. The van der Waals surface area contributed by atoms with E-state index in [-0.39, 0.29) is 23.6 Å². The summed E-state index contributed by atoms with van der Waals surface area (Å²) < 4.78 is 29.0. The summed E-state index contributed by atoms with van der Waals surface area (Å²) in [5.74, 6) is 2.13. The van der Waals surface area contributed by atoms with Crippen LogP contribution >= 0.6 is 11.8 Å². The van der Waals surface area contributed by atoms with Crippen LogP contribution in [0.5, 0.6) is 5.75 Å². The first-order valence-electron chi connectivity index (χ1n) is 7.33. The van der Waals surface area contributed by atoms with Gasteiger partial charge in [-0.05, 0) is 23.4 Å². The zero-order valence-corrected chi connectivity index (χ0v) is 14.4. The molecular weight excluding hydrogens is 320 g/mol. The Morgan fingerprint density at radius 3 is 2.95 bits per heavy atom. The largest absolute Gasteiger partial charge is 0.497 e. The molecule has 2 aliphatic heterocycles. The molecule has 1 aromatic carbocycles. The maximum atomic E-state index is 11.9. The molecule has 0 bridgehead atoms. The Morgan fingerprint density at radius 1 is 1.41 bits per heavy atom. The van der Waals surface area contributed by atoms with E-state index in [2.05, 4.69) is 16.8 Å². The van der Waals surface area contributed by atoms with Crippen molar-refractivity contribution in [3.63, 3.8) is 0 Å². The van der Waals surface area contributed by atoms with Gasteiger partial charge >= 0.3 is 0 Å². The van der Waals surface area contributed by atoms with E-state index in [0.717, 1.165) is 22.2 Å². The van der Waals surface area contributed by atoms with E-state index in [1.807, 2.05) is 24.3 Å². The molecule has 0 saturated carbocycles. The van der Waals surface area contributed by atoms with Gasteiger partial charge in [0.15, 0.2) is 15.0 Å². The molecule has 1 saturated heterocycles. The summed E-state index contributed by atoms with van der Waals surface area (Å²) >= 11 is 1.68. The number of benzene rings is 1. The van der Waals surface area contributed by atoms with Crippen LogP contribution in [0.3, 0.4) is 0 Å². The topological polar surface area (TPSA) is 59.0 Å². The predicted molar refractivity (Wildman–Crippen MR) is 90.3 cm³/mol. The van der Waals surface area contributed by atoms with Gasteiger partial charge in [0.2, 0.25) is 0 Å². The van der Waals surface area contributed by atoms with Crippen molar-refractivity contribution < 1.29 is 13.2 Å². The smallest absolute Gasteiger partial charge is 0.160 e. The Balaban J connectivity index is 1.84. The number of hydrogen-bond donors (Lipinski definition) is 0. The molecule has 0 aromatic heterocycles. The zero-order valence-electron chi connectivity index (χ0n) is 12.7. The minimum absolute atomic E-state index is 0.0229. The lowest BCUT2D eigenvalue weighted by molar-refractivity contribution is 0.341. The van der Waals surface area contributed by atoms with Crippen molar-refractivity contribution in [2.45, 2.75) is 25.6 Å². The first-order chi connectivity index (χ1) is 10.5. The van der Waals surface area contributed by atoms with Gasteiger partial charge in [0, 0.05) is 6.54 Å². The van der Waals surface area contributed by atoms with Gasteiger partial charge in [-0.25, -0.2) is 8.42 Å². The van der Waals surface area contributed by atoms with E-state index in [0.29, 0.717) is 6.54 Å². The molecule has 0 radical (unpaired) electrons. The van der Waals surface area contributed by atoms with Gasteiger partial charge in [-0.2, -0.15) is 0 Å². The van der Waals surface area contributed by atoms with Crippen LogP contribution in [0, 0.1) is 0 Å². The minimum atomic E-state index is -2.96. The van der Waals surface area contributed by atoms with Gasteiger partial charge in [0.1, 0.15) is 5.75 Å². The summed E-state index contributed by atoms with van der Waals surface area (Å²) in [6.07, 6.45) is 0. The minimum Gasteiger partial charge on any atom is -0.497 e. The molecule has 0 amide bonds. The number of nitrogens with zero attached hydrogens (tertiary/aromatic N) is 2. The number of ether oxygens (including phenoxy) is 1. The van der Waals surface area contributed by atoms with E-state index in [9.17, 15) is 8.42 Å². The summed E-state index contributed by atoms with van der Waals surface area (Å²) in [7, 11) is -1.32. The van der Waals surface area contributed by atoms with Gasteiger partial charge in [0.05, 0.1) is 30.7 Å². The third-order valence-electron chi connectivity index (χ3n) is 3.98. The molecular formula is C15H20N2O3S2. The molecule has 2 atom stereocenters. The Bertz CT molecular complexity index is 688. The molecule has 2 heterocycles. The normalized spacial score (nSPS) is 25.9. The number of hydrogen-bond acceptors (Lipinski definition) is 6. The second-order valence-corrected chi connectivity index (χ2v) is 8.92. The van der Waals surface area contributed by atoms with Crippen LogP contribution in [0.4, 0.5) is 0 Å². The molecule has 2 aliphatic rings. The molecule has 0 aliphatic carbocycles. The molecule has 22 heavy (non-hydrogen) atoms. The summed E-state index contributed by atoms with van der Waals surface area (Å²) in [6, 6.07) is 7.76. The van der Waals surface area contributed by atoms with Gasteiger partial charge in [0.25, 0.3) is 0 Å². The average Bonchev–Trinajstić information content (AvgIpc) is 2.93. The highest BCUT2D eigenvalue weighted by molar-refractivity contribution is 8.13. The van der Waals surface area contributed by atoms with E-state index in [1.54, 1.807) is 18.9 Å². The lowest BCUT2D eigenvalue weighted by atomic mass is 10.1. The number of aliphatic imine (C=N–C) groups is 1. The molecule has 1 aromatic rings. The molecule has 3 rings (SSSR count). The number of thioether (sulfide) groups is 1. The van der Waals surface area contributed by atoms with E-state index in [4.69, 9.17) is 4.74 Å². The van der Waals surface area contributed by atoms with Crippen LogP contribution in [-0.4, -0.2) is 54.9 Å². The van der Waals surface area contributed by atoms with Crippen molar-refractivity contribution >= 4 is 26.8 Å². The van der Waals surface area contributed by atoms with Crippen molar-refractivity contribution in [1.82, 2.24) is 4.90 Å². The maximum Gasteiger partial charge on any atom is 0.160 e. The van der Waals surface area contributed by atoms with Crippen LogP contribution in [0.2, 0.25) is 0 Å². The van der Waals surface area contributed by atoms with Crippen molar-refractivity contribution in [3.8, 4) is 5.75 Å². The zero-order chi connectivity index (χ0) is 15.7. The molecule has 1 fully saturated rings. The highest BCUT2D eigenvalue weighted by Crippen LogP contribution is 2.32. The lowest BCUT2D eigenvalue weighted by Gasteiger charge is -2.26. The summed E-state index contributed by atoms with van der Waals surface area (Å²) in [5.41, 5.74) is 1.11. The van der Waals surface area contributed by atoms with Crippen molar-refractivity contribution in [3.05, 3.63) is 29.8 Å². The van der Waals surface area contributed by atoms with Crippen molar-refractivity contribution in [1.29, 1.82) is 0 Å². The van der Waals surface area contributed by atoms with Crippen LogP contribution in [0.15, 0.2) is 29.3 Å². The van der Waals surface area contributed by atoms with Gasteiger partial charge in [-0.3, -0.25) is 4.99 Å². The highest BCUT2D eigenvalue weighted by atomic mass is 32.2. The Morgan fingerprint density at radius 2 is 2.23 bits per heavy atom. The number of amidine groups is 1. The lowest BCUT2D eigenvalue weighted by Crippen LogP contribution is -2.38. The fourth-order valence-electron chi connectivity index (χ4n) is 2.99. The first kappa shape index (κ1) is 15.7. The average molecular weight is 340 g/mol. The van der Waals surface area contributed by atoms with Crippen LogP contribution in [0.25, 0.3) is 0 Å². The van der Waals surface area contributed by atoms with Crippen LogP contribution in [-0.2, 0) is 16.4 Å². The van der Waals surface area contributed by atoms with E-state index >= 15 is 0 Å². The molecule has 0 N–H and O–H groups in total. The van der Waals surface area contributed by atoms with Crippen molar-refractivity contribution in [2.24, 2.45) is 4.99 Å². The fourth-order valence-corrected chi connectivity index (χ4v) is 5.70. The number of methoxy groups -OCH3 is 1. The number of rotatable bonds is 4. The van der Waals surface area contributed by atoms with Crippen LogP contribution < -0.4 is 4.74 Å². The molecule has 0 spiro atoms. The summed E-state index contributed by atoms with van der Waals surface area (Å²) in [4.78, 5) is 6.80. The third kappa shape index (κ3) is 3.10. The monoisotopic (exact) mass is 340 g/mol. The maximum absolute atomic E-state index is 11.9. The number of fused-ring (bicyclic) bond motifs is 1. The Labute approximate surface area is 135 Å². The second-order valence-electron chi connectivity index (χ2n) is 5.54. The van der Waals surface area contributed by atoms with E-state index < -0.39 is 9.84 Å². The van der Waals surface area contributed by atoms with Crippen LogP contribution in [0.1, 0.15) is 12.5 Å². The Kier molecular flexibility index (Phi) is 4.36. The predicted octanol–water partition coefficient (Wildman–Crippen LogP) is 1.79. The number of sulfone groups is 1. The third-order valence-corrected chi connectivity index (χ3v) is 6.56. The first-order valence-corrected chi connectivity index (χ1v) is 10.1. The summed E-state index contributed by atoms with van der Waals surface area (Å²) in [6.45, 7) is 2.75. The van der Waals surface area contributed by atoms with Gasteiger partial charge in [-0.15, -0.1) is 0 Å². The van der Waals surface area contributed by atoms with Crippen molar-refractivity contribution in [2.75, 3.05) is 24.4 Å². The van der Waals surface area contributed by atoms with E-state index in [1.165, 1.54) is 0 Å². The second kappa shape index (κ2) is 6.12. The molecule has 120 valence electrons. The molecule has 2 unspecified atom stereocenters. The SMILES string of the molecule is CCSC1=NC2CS(=O)(=O)CC2N1Cc1cccc(OC)c1. The molecule has 7 heteroatoms. The molecule has 5 nitrogen and oxygen atoms in total. The summed E-state index contributed by atoms with van der Waals surface area (Å²) in [5, 5.41) is 0.968. The van der Waals surface area contributed by atoms with Gasteiger partial charge < -0.3 is 9.64 Å².